The van der Waals surface area contributed by atoms with Crippen LogP contribution in [0.1, 0.15) is 13.8 Å². The van der Waals surface area contributed by atoms with Gasteiger partial charge >= 0.3 is 5.95 Å². The lowest BCUT2D eigenvalue weighted by molar-refractivity contribution is -0.659. The molecule has 0 bridgehead atoms. The highest BCUT2D eigenvalue weighted by Gasteiger charge is 2.11. The normalized spacial score (nSPS) is 11.2. The molecule has 6 heteroatoms. The third-order valence-corrected chi connectivity index (χ3v) is 3.24. The molecule has 0 spiro atoms. The minimum Gasteiger partial charge on any atom is -0.372 e. The number of rotatable bonds is 5. The van der Waals surface area contributed by atoms with Gasteiger partial charge < -0.3 is 4.90 Å². The highest BCUT2D eigenvalue weighted by molar-refractivity contribution is 5.52. The summed E-state index contributed by atoms with van der Waals surface area (Å²) in [7, 11) is 3.74. The lowest BCUT2D eigenvalue weighted by Crippen LogP contribution is -2.25. The molecule has 20 heavy (non-hydrogen) atoms. The van der Waals surface area contributed by atoms with Crippen LogP contribution in [0, 0.1) is 0 Å². The summed E-state index contributed by atoms with van der Waals surface area (Å²) in [5.74, 6) is 0.706. The topological polar surface area (TPSA) is 49.7 Å². The molecule has 2 rings (SSSR count). The Labute approximate surface area is 119 Å². The summed E-state index contributed by atoms with van der Waals surface area (Å²) in [5.41, 5.74) is 2.04. The van der Waals surface area contributed by atoms with Crippen LogP contribution in [0.4, 0.5) is 17.3 Å². The van der Waals surface area contributed by atoms with Gasteiger partial charge in [0, 0.05) is 23.9 Å². The molecule has 106 valence electrons. The number of azo groups is 1. The number of hydrogen-bond acceptors (Lipinski definition) is 4. The van der Waals surface area contributed by atoms with Gasteiger partial charge in [0.05, 0.1) is 19.8 Å². The summed E-state index contributed by atoms with van der Waals surface area (Å²) in [6.45, 7) is 6.31. The molecule has 0 aliphatic heterocycles. The predicted octanol–water partition coefficient (Wildman–Crippen LogP) is 2.51. The van der Waals surface area contributed by atoms with Crippen molar-refractivity contribution in [3.05, 3.63) is 30.6 Å². The molecule has 0 radical (unpaired) electrons. The average molecular weight is 273 g/mol. The maximum Gasteiger partial charge on any atom is 0.403 e. The fraction of sp³-hybridized carbons (Fsp3) is 0.429. The van der Waals surface area contributed by atoms with Crippen molar-refractivity contribution in [2.24, 2.45) is 24.3 Å². The van der Waals surface area contributed by atoms with Crippen molar-refractivity contribution in [1.82, 2.24) is 9.78 Å². The van der Waals surface area contributed by atoms with Gasteiger partial charge in [-0.1, -0.05) is 5.11 Å². The monoisotopic (exact) mass is 273 g/mol. The second-order valence-corrected chi connectivity index (χ2v) is 4.55. The predicted molar refractivity (Wildman–Crippen MR) is 78.6 cm³/mol. The molecule has 0 saturated heterocycles. The molecular formula is C14H21N6+. The van der Waals surface area contributed by atoms with Crippen molar-refractivity contribution in [1.29, 1.82) is 0 Å². The van der Waals surface area contributed by atoms with Gasteiger partial charge in [-0.15, -0.1) is 4.68 Å². The van der Waals surface area contributed by atoms with E-state index < -0.39 is 0 Å². The number of benzene rings is 1. The first kappa shape index (κ1) is 14.2. The zero-order chi connectivity index (χ0) is 14.5. The van der Waals surface area contributed by atoms with Gasteiger partial charge in [-0.2, -0.15) is 0 Å². The fourth-order valence-corrected chi connectivity index (χ4v) is 2.04. The van der Waals surface area contributed by atoms with E-state index in [1.165, 1.54) is 5.69 Å². The Morgan fingerprint density at radius 1 is 1.15 bits per heavy atom. The van der Waals surface area contributed by atoms with Gasteiger partial charge in [0.1, 0.15) is 0 Å². The van der Waals surface area contributed by atoms with E-state index in [9.17, 15) is 0 Å². The summed E-state index contributed by atoms with van der Waals surface area (Å²) in [6, 6.07) is 8.11. The Balaban J connectivity index is 2.15. The van der Waals surface area contributed by atoms with Gasteiger partial charge in [0.2, 0.25) is 6.33 Å². The minimum absolute atomic E-state index is 0.706. The average Bonchev–Trinajstić information content (AvgIpc) is 2.78. The standard InChI is InChI=1S/C14H21N6/c1-5-20(6-2)13-9-7-12(8-10-13)16-17-14-18(3)11-15-19(14)4/h7-11H,5-6H2,1-4H3/q+1. The Morgan fingerprint density at radius 2 is 1.80 bits per heavy atom. The van der Waals surface area contributed by atoms with E-state index in [-0.39, 0.29) is 0 Å². The zero-order valence-corrected chi connectivity index (χ0v) is 12.5. The van der Waals surface area contributed by atoms with Crippen LogP contribution in [0.2, 0.25) is 0 Å². The largest absolute Gasteiger partial charge is 0.403 e. The van der Waals surface area contributed by atoms with E-state index in [1.807, 2.05) is 30.8 Å². The van der Waals surface area contributed by atoms with E-state index in [2.05, 4.69) is 46.2 Å². The van der Waals surface area contributed by atoms with Gasteiger partial charge in [-0.05, 0) is 43.2 Å². The van der Waals surface area contributed by atoms with Crippen molar-refractivity contribution < 1.29 is 4.57 Å². The van der Waals surface area contributed by atoms with E-state index in [4.69, 9.17) is 0 Å². The zero-order valence-electron chi connectivity index (χ0n) is 12.5. The number of aryl methyl sites for hydroxylation is 2. The van der Waals surface area contributed by atoms with Crippen molar-refractivity contribution >= 4 is 17.3 Å². The van der Waals surface area contributed by atoms with E-state index in [0.29, 0.717) is 5.95 Å². The van der Waals surface area contributed by atoms with Gasteiger partial charge in [-0.3, -0.25) is 0 Å². The Hall–Kier alpha value is -2.24. The van der Waals surface area contributed by atoms with Crippen LogP contribution < -0.4 is 9.47 Å². The van der Waals surface area contributed by atoms with E-state index in [1.54, 1.807) is 11.0 Å². The van der Waals surface area contributed by atoms with E-state index >= 15 is 0 Å². The van der Waals surface area contributed by atoms with Crippen LogP contribution in [0.25, 0.3) is 0 Å². The summed E-state index contributed by atoms with van der Waals surface area (Å²) in [6.07, 6.45) is 1.71. The molecule has 0 saturated carbocycles. The second-order valence-electron chi connectivity index (χ2n) is 4.55. The first-order valence-corrected chi connectivity index (χ1v) is 6.80. The fourth-order valence-electron chi connectivity index (χ4n) is 2.04. The molecule has 0 aliphatic carbocycles. The van der Waals surface area contributed by atoms with Crippen LogP contribution in [-0.2, 0) is 14.1 Å². The van der Waals surface area contributed by atoms with Gasteiger partial charge in [0.15, 0.2) is 0 Å². The third-order valence-electron chi connectivity index (χ3n) is 3.24. The maximum absolute atomic E-state index is 4.25. The highest BCUT2D eigenvalue weighted by Crippen LogP contribution is 2.20. The van der Waals surface area contributed by atoms with Crippen LogP contribution in [0.5, 0.6) is 0 Å². The Morgan fingerprint density at radius 3 is 2.30 bits per heavy atom. The number of aromatic nitrogens is 3. The van der Waals surface area contributed by atoms with Gasteiger partial charge in [-0.25, -0.2) is 4.57 Å². The molecule has 1 heterocycles. The lowest BCUT2D eigenvalue weighted by atomic mass is 10.2. The van der Waals surface area contributed by atoms with Crippen molar-refractivity contribution in [2.45, 2.75) is 13.8 Å². The molecular weight excluding hydrogens is 252 g/mol. The SMILES string of the molecule is CCN(CC)c1ccc(N=Nc2n(C)nc[n+]2C)cc1. The lowest BCUT2D eigenvalue weighted by Gasteiger charge is -2.20. The third kappa shape index (κ3) is 3.01. The molecule has 0 fully saturated rings. The smallest absolute Gasteiger partial charge is 0.372 e. The first-order chi connectivity index (χ1) is 9.65. The van der Waals surface area contributed by atoms with Crippen molar-refractivity contribution in [2.75, 3.05) is 18.0 Å². The summed E-state index contributed by atoms with van der Waals surface area (Å²) >= 11 is 0. The Bertz CT molecular complexity index is 561. The van der Waals surface area contributed by atoms with Crippen LogP contribution >= 0.6 is 0 Å². The summed E-state index contributed by atoms with van der Waals surface area (Å²) in [5, 5.41) is 12.6. The van der Waals surface area contributed by atoms with Gasteiger partial charge in [0.25, 0.3) is 0 Å². The molecule has 2 aromatic rings. The van der Waals surface area contributed by atoms with E-state index in [0.717, 1.165) is 18.8 Å². The van der Waals surface area contributed by atoms with Crippen molar-refractivity contribution in [3.8, 4) is 0 Å². The number of hydrogen-bond donors (Lipinski definition) is 0. The molecule has 1 aromatic heterocycles. The number of anilines is 1. The molecule has 0 atom stereocenters. The summed E-state index contributed by atoms with van der Waals surface area (Å²) in [4.78, 5) is 2.29. The second kappa shape index (κ2) is 6.27. The molecule has 0 N–H and O–H groups in total. The van der Waals surface area contributed by atoms with Crippen LogP contribution in [-0.4, -0.2) is 22.9 Å². The van der Waals surface area contributed by atoms with Crippen molar-refractivity contribution in [3.63, 3.8) is 0 Å². The molecule has 1 aromatic carbocycles. The first-order valence-electron chi connectivity index (χ1n) is 6.80. The highest BCUT2D eigenvalue weighted by atomic mass is 15.4. The van der Waals surface area contributed by atoms with Crippen LogP contribution in [0.3, 0.4) is 0 Å². The van der Waals surface area contributed by atoms with Crippen LogP contribution in [0.15, 0.2) is 40.8 Å². The maximum atomic E-state index is 4.25. The summed E-state index contributed by atoms with van der Waals surface area (Å²) < 4.78 is 3.52. The quantitative estimate of drug-likeness (QED) is 0.621. The number of nitrogens with zero attached hydrogens (tertiary/aromatic N) is 6. The molecule has 0 aliphatic rings. The minimum atomic E-state index is 0.706. The molecule has 6 nitrogen and oxygen atoms in total. The molecule has 0 unspecified atom stereocenters. The molecule has 0 amide bonds. The Kier molecular flexibility index (Phi) is 4.45.